The zero-order valence-electron chi connectivity index (χ0n) is 17.1. The van der Waals surface area contributed by atoms with Crippen molar-refractivity contribution in [3.63, 3.8) is 0 Å². The molecule has 0 heterocycles. The second kappa shape index (κ2) is 10.3. The van der Waals surface area contributed by atoms with Crippen LogP contribution in [0.25, 0.3) is 5.57 Å². The average Bonchev–Trinajstić information content (AvgIpc) is 2.74. The van der Waals surface area contributed by atoms with Crippen LogP contribution in [0, 0.1) is 12.7 Å². The first kappa shape index (κ1) is 22.6. The van der Waals surface area contributed by atoms with Gasteiger partial charge in [-0.15, -0.1) is 0 Å². The average molecular weight is 485 g/mol. The Balaban J connectivity index is 1.78. The summed E-state index contributed by atoms with van der Waals surface area (Å²) in [6.07, 6.45) is 1.01. The van der Waals surface area contributed by atoms with Gasteiger partial charge in [0.2, 0.25) is 0 Å². The van der Waals surface area contributed by atoms with Crippen LogP contribution < -0.4 is 9.47 Å². The summed E-state index contributed by atoms with van der Waals surface area (Å²) in [6.45, 7) is 3.61. The van der Waals surface area contributed by atoms with Gasteiger partial charge in [0.25, 0.3) is 0 Å². The van der Waals surface area contributed by atoms with Crippen molar-refractivity contribution in [2.24, 2.45) is 0 Å². The zero-order valence-corrected chi connectivity index (χ0v) is 18.7. The molecule has 6 heteroatoms. The fraction of sp³-hybridized carbons (Fsp3) is 0.160. The molecule has 31 heavy (non-hydrogen) atoms. The molecule has 0 spiro atoms. The smallest absolute Gasteiger partial charge is 0.344 e. The standard InChI is InChI=1S/C25H22BrFO4/c1-16-15-22(11-12-24(16)31-17(2)25(28)29)30-14-13-23(18-3-7-20(26)8-4-18)19-5-9-21(27)10-6-19/h3-13,15,17H,14H2,1-2H3,(H,28,29)/b23-13+. The van der Waals surface area contributed by atoms with Crippen LogP contribution >= 0.6 is 15.9 Å². The lowest BCUT2D eigenvalue weighted by molar-refractivity contribution is -0.144. The molecule has 0 aromatic heterocycles. The monoisotopic (exact) mass is 484 g/mol. The van der Waals surface area contributed by atoms with E-state index in [0.29, 0.717) is 18.1 Å². The van der Waals surface area contributed by atoms with E-state index in [2.05, 4.69) is 15.9 Å². The van der Waals surface area contributed by atoms with Crippen LogP contribution in [0.2, 0.25) is 0 Å². The Kier molecular flexibility index (Phi) is 7.47. The van der Waals surface area contributed by atoms with Crippen molar-refractivity contribution in [2.45, 2.75) is 20.0 Å². The van der Waals surface area contributed by atoms with Gasteiger partial charge in [0.15, 0.2) is 6.10 Å². The van der Waals surface area contributed by atoms with E-state index in [4.69, 9.17) is 14.6 Å². The third kappa shape index (κ3) is 6.18. The molecule has 0 aliphatic heterocycles. The Hall–Kier alpha value is -3.12. The molecule has 0 saturated carbocycles. The van der Waals surface area contributed by atoms with Gasteiger partial charge in [0, 0.05) is 4.47 Å². The third-order valence-electron chi connectivity index (χ3n) is 4.65. The van der Waals surface area contributed by atoms with E-state index in [1.165, 1.54) is 19.1 Å². The predicted molar refractivity (Wildman–Crippen MR) is 122 cm³/mol. The molecule has 3 aromatic rings. The maximum atomic E-state index is 13.4. The molecule has 0 aliphatic rings. The van der Waals surface area contributed by atoms with Crippen LogP contribution in [-0.4, -0.2) is 23.8 Å². The number of halogens is 2. The lowest BCUT2D eigenvalue weighted by Gasteiger charge is -2.14. The van der Waals surface area contributed by atoms with Crippen molar-refractivity contribution in [1.82, 2.24) is 0 Å². The highest BCUT2D eigenvalue weighted by Crippen LogP contribution is 2.27. The lowest BCUT2D eigenvalue weighted by atomic mass is 9.98. The Bertz CT molecular complexity index is 1030. The fourth-order valence-electron chi connectivity index (χ4n) is 2.97. The van der Waals surface area contributed by atoms with E-state index in [1.54, 1.807) is 30.3 Å². The van der Waals surface area contributed by atoms with Crippen LogP contribution in [0.4, 0.5) is 4.39 Å². The maximum Gasteiger partial charge on any atom is 0.344 e. The summed E-state index contributed by atoms with van der Waals surface area (Å²) < 4.78 is 25.7. The molecular weight excluding hydrogens is 463 g/mol. The first-order valence-electron chi connectivity index (χ1n) is 9.68. The number of benzene rings is 3. The molecule has 3 rings (SSSR count). The number of carbonyl (C=O) groups is 1. The number of hydrogen-bond acceptors (Lipinski definition) is 3. The van der Waals surface area contributed by atoms with Crippen molar-refractivity contribution in [3.05, 3.63) is 99.8 Å². The summed E-state index contributed by atoms with van der Waals surface area (Å²) in [5.74, 6) is -0.172. The SMILES string of the molecule is Cc1cc(OC/C=C(/c2ccc(F)cc2)c2ccc(Br)cc2)ccc1OC(C)C(=O)O. The number of carboxylic acids is 1. The summed E-state index contributed by atoms with van der Waals surface area (Å²) in [6, 6.07) is 19.5. The molecule has 4 nitrogen and oxygen atoms in total. The Morgan fingerprint density at radius 3 is 2.26 bits per heavy atom. The minimum atomic E-state index is -1.02. The van der Waals surface area contributed by atoms with E-state index in [1.807, 2.05) is 37.3 Å². The van der Waals surface area contributed by atoms with Crippen molar-refractivity contribution >= 4 is 27.5 Å². The minimum Gasteiger partial charge on any atom is -0.489 e. The van der Waals surface area contributed by atoms with Crippen molar-refractivity contribution < 1.29 is 23.8 Å². The van der Waals surface area contributed by atoms with Gasteiger partial charge < -0.3 is 14.6 Å². The molecule has 0 aliphatic carbocycles. The second-order valence-electron chi connectivity index (χ2n) is 6.97. The first-order chi connectivity index (χ1) is 14.8. The van der Waals surface area contributed by atoms with Crippen LogP contribution in [0.15, 0.2) is 77.3 Å². The van der Waals surface area contributed by atoms with Crippen LogP contribution in [0.1, 0.15) is 23.6 Å². The number of aryl methyl sites for hydroxylation is 1. The van der Waals surface area contributed by atoms with Crippen LogP contribution in [0.3, 0.4) is 0 Å². The van der Waals surface area contributed by atoms with Gasteiger partial charge in [-0.2, -0.15) is 0 Å². The predicted octanol–water partition coefficient (Wildman–Crippen LogP) is 6.26. The van der Waals surface area contributed by atoms with Crippen molar-refractivity contribution in [3.8, 4) is 11.5 Å². The van der Waals surface area contributed by atoms with E-state index in [9.17, 15) is 9.18 Å². The second-order valence-corrected chi connectivity index (χ2v) is 7.88. The van der Waals surface area contributed by atoms with Crippen LogP contribution in [0.5, 0.6) is 11.5 Å². The Labute approximate surface area is 189 Å². The summed E-state index contributed by atoms with van der Waals surface area (Å²) in [5, 5.41) is 9.00. The highest BCUT2D eigenvalue weighted by molar-refractivity contribution is 9.10. The Morgan fingerprint density at radius 1 is 1.06 bits per heavy atom. The topological polar surface area (TPSA) is 55.8 Å². The molecule has 3 aromatic carbocycles. The molecule has 0 radical (unpaired) electrons. The molecular formula is C25H22BrFO4. The van der Waals surface area contributed by atoms with Crippen molar-refractivity contribution in [1.29, 1.82) is 0 Å². The number of carboxylic acid groups (broad SMARTS) is 1. The summed E-state index contributed by atoms with van der Waals surface area (Å²) >= 11 is 3.44. The molecule has 1 unspecified atom stereocenters. The Morgan fingerprint density at radius 2 is 1.68 bits per heavy atom. The number of aliphatic carboxylic acids is 1. The normalized spacial score (nSPS) is 12.3. The van der Waals surface area contributed by atoms with Gasteiger partial charge in [0.1, 0.15) is 23.9 Å². The lowest BCUT2D eigenvalue weighted by Crippen LogP contribution is -2.23. The summed E-state index contributed by atoms with van der Waals surface area (Å²) in [5.41, 5.74) is 3.58. The zero-order chi connectivity index (χ0) is 22.4. The highest BCUT2D eigenvalue weighted by Gasteiger charge is 2.14. The molecule has 0 fully saturated rings. The van der Waals surface area contributed by atoms with Gasteiger partial charge in [-0.1, -0.05) is 40.2 Å². The van der Waals surface area contributed by atoms with E-state index >= 15 is 0 Å². The third-order valence-corrected chi connectivity index (χ3v) is 5.17. The molecule has 160 valence electrons. The summed E-state index contributed by atoms with van der Waals surface area (Å²) in [4.78, 5) is 11.0. The van der Waals surface area contributed by atoms with E-state index < -0.39 is 12.1 Å². The van der Waals surface area contributed by atoms with Gasteiger partial charge in [-0.05, 0) is 84.7 Å². The molecule has 0 saturated heterocycles. The molecule has 0 bridgehead atoms. The largest absolute Gasteiger partial charge is 0.489 e. The van der Waals surface area contributed by atoms with Gasteiger partial charge >= 0.3 is 5.97 Å². The number of rotatable bonds is 8. The van der Waals surface area contributed by atoms with Gasteiger partial charge in [0.05, 0.1) is 0 Å². The van der Waals surface area contributed by atoms with Gasteiger partial charge in [-0.3, -0.25) is 0 Å². The van der Waals surface area contributed by atoms with Crippen molar-refractivity contribution in [2.75, 3.05) is 6.61 Å². The maximum absolute atomic E-state index is 13.4. The summed E-state index contributed by atoms with van der Waals surface area (Å²) in [7, 11) is 0. The molecule has 1 atom stereocenters. The molecule has 0 amide bonds. The van der Waals surface area contributed by atoms with E-state index in [0.717, 1.165) is 26.7 Å². The molecule has 1 N–H and O–H groups in total. The fourth-order valence-corrected chi connectivity index (χ4v) is 3.23. The first-order valence-corrected chi connectivity index (χ1v) is 10.5. The highest BCUT2D eigenvalue weighted by atomic mass is 79.9. The number of ether oxygens (including phenoxy) is 2. The van der Waals surface area contributed by atoms with Crippen LogP contribution in [-0.2, 0) is 4.79 Å². The number of hydrogen-bond donors (Lipinski definition) is 1. The van der Waals surface area contributed by atoms with Gasteiger partial charge in [-0.25, -0.2) is 9.18 Å². The quantitative estimate of drug-likeness (QED) is 0.409. The van der Waals surface area contributed by atoms with E-state index in [-0.39, 0.29) is 5.82 Å². The minimum absolute atomic E-state index is 0.287.